The zero-order chi connectivity index (χ0) is 21.7. The van der Waals surface area contributed by atoms with Crippen LogP contribution >= 0.6 is 11.6 Å². The van der Waals surface area contributed by atoms with Gasteiger partial charge in [0.2, 0.25) is 0 Å². The van der Waals surface area contributed by atoms with E-state index in [1.165, 1.54) is 24.3 Å². The van der Waals surface area contributed by atoms with Crippen molar-refractivity contribution >= 4 is 35.2 Å². The van der Waals surface area contributed by atoms with E-state index in [0.29, 0.717) is 22.0 Å². The number of benzene rings is 2. The molecule has 0 aliphatic rings. The molecule has 150 valence electrons. The van der Waals surface area contributed by atoms with Gasteiger partial charge in [-0.05, 0) is 48.4 Å². The number of hydrogen-bond acceptors (Lipinski definition) is 4. The molecule has 30 heavy (non-hydrogen) atoms. The van der Waals surface area contributed by atoms with Gasteiger partial charge >= 0.3 is 5.97 Å². The first-order chi connectivity index (χ1) is 14.4. The van der Waals surface area contributed by atoms with E-state index in [-0.39, 0.29) is 16.9 Å². The van der Waals surface area contributed by atoms with Crippen LogP contribution in [0.1, 0.15) is 28.6 Å². The van der Waals surface area contributed by atoms with E-state index in [2.05, 4.69) is 5.32 Å². The van der Waals surface area contributed by atoms with Gasteiger partial charge in [0.25, 0.3) is 5.91 Å². The van der Waals surface area contributed by atoms with Gasteiger partial charge in [0.1, 0.15) is 23.2 Å². The summed E-state index contributed by atoms with van der Waals surface area (Å²) in [6, 6.07) is 16.7. The van der Waals surface area contributed by atoms with Crippen molar-refractivity contribution in [1.82, 2.24) is 0 Å². The van der Waals surface area contributed by atoms with E-state index >= 15 is 0 Å². The molecule has 0 aliphatic heterocycles. The van der Waals surface area contributed by atoms with Crippen LogP contribution < -0.4 is 5.32 Å². The van der Waals surface area contributed by atoms with E-state index in [1.54, 1.807) is 24.3 Å². The zero-order valence-corrected chi connectivity index (χ0v) is 16.7. The number of aromatic carboxylic acids is 1. The van der Waals surface area contributed by atoms with Gasteiger partial charge < -0.3 is 14.8 Å². The van der Waals surface area contributed by atoms with E-state index in [0.717, 1.165) is 12.0 Å². The Morgan fingerprint density at radius 3 is 2.67 bits per heavy atom. The number of aryl methyl sites for hydroxylation is 1. The summed E-state index contributed by atoms with van der Waals surface area (Å²) in [6.07, 6.45) is 2.06. The second-order valence-corrected chi connectivity index (χ2v) is 6.74. The number of halogens is 1. The quantitative estimate of drug-likeness (QED) is 0.410. The van der Waals surface area contributed by atoms with Crippen molar-refractivity contribution in [2.45, 2.75) is 13.3 Å². The van der Waals surface area contributed by atoms with Crippen LogP contribution in [0.2, 0.25) is 5.02 Å². The van der Waals surface area contributed by atoms with Crippen LogP contribution in [0.15, 0.2) is 64.6 Å². The summed E-state index contributed by atoms with van der Waals surface area (Å²) >= 11 is 6.16. The number of furan rings is 1. The molecule has 0 saturated heterocycles. The van der Waals surface area contributed by atoms with Crippen molar-refractivity contribution in [3.05, 3.63) is 82.1 Å². The molecule has 2 N–H and O–H groups in total. The third-order valence-corrected chi connectivity index (χ3v) is 4.73. The lowest BCUT2D eigenvalue weighted by molar-refractivity contribution is -0.112. The van der Waals surface area contributed by atoms with Gasteiger partial charge in [0.05, 0.1) is 10.6 Å². The lowest BCUT2D eigenvalue weighted by Gasteiger charge is -2.08. The summed E-state index contributed by atoms with van der Waals surface area (Å²) in [5, 5.41) is 21.6. The topological polar surface area (TPSA) is 103 Å². The molecule has 7 heteroatoms. The Labute approximate surface area is 178 Å². The highest BCUT2D eigenvalue weighted by atomic mass is 35.5. The van der Waals surface area contributed by atoms with Gasteiger partial charge in [-0.15, -0.1) is 0 Å². The predicted molar refractivity (Wildman–Crippen MR) is 114 cm³/mol. The second kappa shape index (κ2) is 9.12. The molecule has 1 aromatic heterocycles. The van der Waals surface area contributed by atoms with E-state index < -0.39 is 11.9 Å². The average Bonchev–Trinajstić information content (AvgIpc) is 3.20. The largest absolute Gasteiger partial charge is 0.478 e. The minimum Gasteiger partial charge on any atom is -0.478 e. The van der Waals surface area contributed by atoms with Gasteiger partial charge in [-0.1, -0.05) is 36.7 Å². The molecule has 0 spiro atoms. The number of nitriles is 1. The second-order valence-electron chi connectivity index (χ2n) is 6.34. The number of anilines is 1. The number of amides is 1. The van der Waals surface area contributed by atoms with Crippen molar-refractivity contribution in [1.29, 1.82) is 5.26 Å². The first-order valence-corrected chi connectivity index (χ1v) is 9.44. The van der Waals surface area contributed by atoms with Crippen molar-refractivity contribution in [3.8, 4) is 17.4 Å². The highest BCUT2D eigenvalue weighted by molar-refractivity contribution is 6.33. The van der Waals surface area contributed by atoms with Crippen LogP contribution in [-0.4, -0.2) is 17.0 Å². The predicted octanol–water partition coefficient (Wildman–Crippen LogP) is 5.41. The molecule has 1 amide bonds. The normalized spacial score (nSPS) is 11.0. The monoisotopic (exact) mass is 420 g/mol. The molecule has 6 nitrogen and oxygen atoms in total. The minimum absolute atomic E-state index is 0.0644. The first kappa shape index (κ1) is 20.9. The first-order valence-electron chi connectivity index (χ1n) is 9.07. The van der Waals surface area contributed by atoms with Crippen LogP contribution in [-0.2, 0) is 11.2 Å². The minimum atomic E-state index is -1.09. The number of carboxylic acids is 1. The van der Waals surface area contributed by atoms with E-state index in [1.807, 2.05) is 25.1 Å². The van der Waals surface area contributed by atoms with E-state index in [9.17, 15) is 14.9 Å². The van der Waals surface area contributed by atoms with Crippen LogP contribution in [0.5, 0.6) is 0 Å². The summed E-state index contributed by atoms with van der Waals surface area (Å²) in [5.74, 6) is -1.06. The Balaban J connectivity index is 1.87. The molecule has 2 aromatic carbocycles. The Hall–Kier alpha value is -3.82. The highest BCUT2D eigenvalue weighted by Crippen LogP contribution is 2.31. The van der Waals surface area contributed by atoms with Crippen molar-refractivity contribution in [2.24, 2.45) is 0 Å². The van der Waals surface area contributed by atoms with Gasteiger partial charge in [-0.25, -0.2) is 4.79 Å². The molecular weight excluding hydrogens is 404 g/mol. The molecule has 3 aromatic rings. The summed E-state index contributed by atoms with van der Waals surface area (Å²) in [5.41, 5.74) is 1.93. The third kappa shape index (κ3) is 4.59. The van der Waals surface area contributed by atoms with Crippen LogP contribution in [0, 0.1) is 11.3 Å². The summed E-state index contributed by atoms with van der Waals surface area (Å²) in [6.45, 7) is 1.97. The van der Waals surface area contributed by atoms with E-state index in [4.69, 9.17) is 21.1 Å². The molecule has 0 radical (unpaired) electrons. The van der Waals surface area contributed by atoms with Gasteiger partial charge in [-0.2, -0.15) is 5.26 Å². The van der Waals surface area contributed by atoms with Crippen LogP contribution in [0.25, 0.3) is 17.4 Å². The number of carbonyl (C=O) groups is 2. The Morgan fingerprint density at radius 1 is 1.20 bits per heavy atom. The number of para-hydroxylation sites is 1. The highest BCUT2D eigenvalue weighted by Gasteiger charge is 2.15. The number of hydrogen-bond donors (Lipinski definition) is 2. The molecule has 0 aliphatic carbocycles. The van der Waals surface area contributed by atoms with Gasteiger partial charge in [0, 0.05) is 17.3 Å². The maximum atomic E-state index is 12.5. The van der Waals surface area contributed by atoms with Crippen molar-refractivity contribution in [2.75, 3.05) is 5.32 Å². The van der Waals surface area contributed by atoms with Gasteiger partial charge in [-0.3, -0.25) is 4.79 Å². The molecular formula is C23H17ClN2O4. The maximum Gasteiger partial charge on any atom is 0.335 e. The van der Waals surface area contributed by atoms with Crippen molar-refractivity contribution < 1.29 is 19.1 Å². The number of nitrogens with zero attached hydrogens (tertiary/aromatic N) is 1. The molecule has 0 unspecified atom stereocenters. The fourth-order valence-electron chi connectivity index (χ4n) is 2.85. The summed E-state index contributed by atoms with van der Waals surface area (Å²) in [7, 11) is 0. The number of nitrogens with one attached hydrogen (secondary N) is 1. The molecule has 1 heterocycles. The van der Waals surface area contributed by atoms with Crippen LogP contribution in [0.4, 0.5) is 5.69 Å². The fourth-order valence-corrected chi connectivity index (χ4v) is 3.06. The van der Waals surface area contributed by atoms with Gasteiger partial charge in [0.15, 0.2) is 0 Å². The molecule has 0 fully saturated rings. The number of rotatable bonds is 6. The Bertz CT molecular complexity index is 1190. The van der Waals surface area contributed by atoms with Crippen molar-refractivity contribution in [3.63, 3.8) is 0 Å². The lowest BCUT2D eigenvalue weighted by atomic mass is 10.1. The number of carboxylic acid groups (broad SMARTS) is 1. The average molecular weight is 421 g/mol. The number of carbonyl (C=O) groups excluding carboxylic acids is 1. The maximum absolute atomic E-state index is 12.5. The SMILES string of the molecule is CCc1ccccc1NC(=O)C(C#N)=Cc1ccc(-c2cc(C(=O)O)ccc2Cl)o1. The lowest BCUT2D eigenvalue weighted by Crippen LogP contribution is -2.14. The summed E-state index contributed by atoms with van der Waals surface area (Å²) in [4.78, 5) is 23.7. The molecule has 0 bridgehead atoms. The smallest absolute Gasteiger partial charge is 0.335 e. The standard InChI is InChI=1S/C23H17ClN2O4/c1-2-14-5-3-4-6-20(14)26-22(27)16(13-25)11-17-8-10-21(30-17)18-12-15(23(28)29)7-9-19(18)24/h3-12H,2H2,1H3,(H,26,27)(H,28,29). The Kier molecular flexibility index (Phi) is 6.35. The molecule has 0 atom stereocenters. The Morgan fingerprint density at radius 2 is 1.97 bits per heavy atom. The zero-order valence-electron chi connectivity index (χ0n) is 16.0. The third-order valence-electron chi connectivity index (χ3n) is 4.40. The summed E-state index contributed by atoms with van der Waals surface area (Å²) < 4.78 is 5.68. The molecule has 3 rings (SSSR count). The fraction of sp³-hybridized carbons (Fsp3) is 0.0870. The van der Waals surface area contributed by atoms with Crippen LogP contribution in [0.3, 0.4) is 0 Å². The molecule has 0 saturated carbocycles.